The highest BCUT2D eigenvalue weighted by atomic mass is 32.2. The molecule has 2 heterocycles. The number of likely N-dealkylation sites (tertiary alicyclic amines) is 1. The first kappa shape index (κ1) is 19.3. The molecule has 0 spiro atoms. The summed E-state index contributed by atoms with van der Waals surface area (Å²) >= 11 is 0. The molecule has 148 valence electrons. The van der Waals surface area contributed by atoms with Crippen molar-refractivity contribution in [2.24, 2.45) is 5.92 Å². The zero-order valence-corrected chi connectivity index (χ0v) is 16.7. The van der Waals surface area contributed by atoms with Gasteiger partial charge >= 0.3 is 0 Å². The monoisotopic (exact) mass is 407 g/mol. The highest BCUT2D eigenvalue weighted by Crippen LogP contribution is 2.24. The second-order valence-corrected chi connectivity index (χ2v) is 9.36. The van der Waals surface area contributed by atoms with Crippen LogP contribution in [0.1, 0.15) is 17.5 Å². The van der Waals surface area contributed by atoms with E-state index in [0.717, 1.165) is 31.7 Å². The fourth-order valence-electron chi connectivity index (χ4n) is 3.72. The van der Waals surface area contributed by atoms with E-state index in [1.54, 1.807) is 35.3 Å². The van der Waals surface area contributed by atoms with Crippen molar-refractivity contribution < 1.29 is 8.42 Å². The van der Waals surface area contributed by atoms with Crippen LogP contribution in [-0.4, -0.2) is 47.2 Å². The number of nitriles is 1. The number of hydrogen-bond acceptors (Lipinski definition) is 6. The summed E-state index contributed by atoms with van der Waals surface area (Å²) in [6.07, 6.45) is 4.30. The Hall–Kier alpha value is -3.02. The summed E-state index contributed by atoms with van der Waals surface area (Å²) in [7, 11) is -3.40. The van der Waals surface area contributed by atoms with Crippen LogP contribution in [0.2, 0.25) is 0 Å². The van der Waals surface area contributed by atoms with Crippen molar-refractivity contribution in [1.29, 1.82) is 5.26 Å². The summed E-state index contributed by atoms with van der Waals surface area (Å²) in [6.45, 7) is 2.42. The van der Waals surface area contributed by atoms with Gasteiger partial charge in [-0.3, -0.25) is 4.90 Å². The third-order valence-corrected chi connectivity index (χ3v) is 7.06. The molecule has 8 heteroatoms. The first-order chi connectivity index (χ1) is 14.0. The molecule has 0 amide bonds. The molecule has 1 aliphatic rings. The lowest BCUT2D eigenvalue weighted by atomic mass is 10.1. The molecule has 1 fully saturated rings. The predicted molar refractivity (Wildman–Crippen MR) is 108 cm³/mol. The molecule has 1 aliphatic heterocycles. The molecule has 3 aromatic rings. The molecule has 7 nitrogen and oxygen atoms in total. The van der Waals surface area contributed by atoms with Crippen molar-refractivity contribution in [3.63, 3.8) is 0 Å². The summed E-state index contributed by atoms with van der Waals surface area (Å²) in [4.78, 5) is 2.52. The Bertz CT molecular complexity index is 1120. The SMILES string of the molecule is N#Cc1cccc(S(=O)(=O)C[C@@H]2CCN(Cc3ccc(-n4ccnn4)cc3)C2)c1. The molecule has 0 saturated carbocycles. The summed E-state index contributed by atoms with van der Waals surface area (Å²) < 4.78 is 27.2. The normalized spacial score (nSPS) is 17.3. The average molecular weight is 407 g/mol. The number of benzene rings is 2. The molecule has 0 bridgehead atoms. The molecule has 29 heavy (non-hydrogen) atoms. The molecule has 2 aromatic carbocycles. The number of aromatic nitrogens is 3. The van der Waals surface area contributed by atoms with Gasteiger partial charge < -0.3 is 0 Å². The van der Waals surface area contributed by atoms with Gasteiger partial charge in [0.05, 0.1) is 40.4 Å². The van der Waals surface area contributed by atoms with Crippen LogP contribution in [-0.2, 0) is 16.4 Å². The number of sulfone groups is 1. The van der Waals surface area contributed by atoms with Gasteiger partial charge in [-0.2, -0.15) is 5.26 Å². The van der Waals surface area contributed by atoms with Crippen LogP contribution in [0.25, 0.3) is 5.69 Å². The molecule has 4 rings (SSSR count). The number of rotatable bonds is 6. The molecule has 0 radical (unpaired) electrons. The Morgan fingerprint density at radius 2 is 2.00 bits per heavy atom. The van der Waals surface area contributed by atoms with Crippen LogP contribution in [0.3, 0.4) is 0 Å². The molecule has 0 N–H and O–H groups in total. The van der Waals surface area contributed by atoms with E-state index < -0.39 is 9.84 Å². The smallest absolute Gasteiger partial charge is 0.178 e. The highest BCUT2D eigenvalue weighted by molar-refractivity contribution is 7.91. The summed E-state index contributed by atoms with van der Waals surface area (Å²) in [5.74, 6) is 0.212. The molecular formula is C21H21N5O2S. The number of nitrogens with zero attached hydrogens (tertiary/aromatic N) is 5. The summed E-state index contributed by atoms with van der Waals surface area (Å²) in [5, 5.41) is 16.8. The second kappa shape index (κ2) is 8.15. The van der Waals surface area contributed by atoms with Gasteiger partial charge in [-0.1, -0.05) is 23.4 Å². The van der Waals surface area contributed by atoms with Crippen molar-refractivity contribution in [3.8, 4) is 11.8 Å². The zero-order valence-electron chi connectivity index (χ0n) is 15.8. The molecule has 1 aromatic heterocycles. The van der Waals surface area contributed by atoms with Crippen molar-refractivity contribution in [3.05, 3.63) is 72.1 Å². The van der Waals surface area contributed by atoms with E-state index in [1.807, 2.05) is 18.2 Å². The second-order valence-electron chi connectivity index (χ2n) is 7.32. The van der Waals surface area contributed by atoms with Gasteiger partial charge in [0, 0.05) is 13.1 Å². The zero-order chi connectivity index (χ0) is 20.3. The van der Waals surface area contributed by atoms with Gasteiger partial charge in [-0.25, -0.2) is 13.1 Å². The quantitative estimate of drug-likeness (QED) is 0.623. The summed E-state index contributed by atoms with van der Waals surface area (Å²) in [5.41, 5.74) is 2.50. The van der Waals surface area contributed by atoms with Crippen LogP contribution < -0.4 is 0 Å². The highest BCUT2D eigenvalue weighted by Gasteiger charge is 2.28. The molecule has 0 aliphatic carbocycles. The Kier molecular flexibility index (Phi) is 5.43. The Labute approximate surface area is 170 Å². The first-order valence-electron chi connectivity index (χ1n) is 9.44. The topological polar surface area (TPSA) is 91.9 Å². The van der Waals surface area contributed by atoms with Gasteiger partial charge in [0.2, 0.25) is 0 Å². The van der Waals surface area contributed by atoms with E-state index in [9.17, 15) is 8.42 Å². The van der Waals surface area contributed by atoms with Gasteiger partial charge in [0.1, 0.15) is 0 Å². The third kappa shape index (κ3) is 4.53. The van der Waals surface area contributed by atoms with Gasteiger partial charge in [-0.15, -0.1) is 5.10 Å². The lowest BCUT2D eigenvalue weighted by molar-refractivity contribution is 0.320. The maximum Gasteiger partial charge on any atom is 0.178 e. The van der Waals surface area contributed by atoms with Gasteiger partial charge in [0.15, 0.2) is 9.84 Å². The lowest BCUT2D eigenvalue weighted by Crippen LogP contribution is -2.23. The molecular weight excluding hydrogens is 386 g/mol. The molecule has 0 unspecified atom stereocenters. The first-order valence-corrected chi connectivity index (χ1v) is 11.1. The standard InChI is InChI=1S/C21H21N5O2S/c22-13-18-2-1-3-21(12-18)29(27,28)16-19-8-10-25(15-19)14-17-4-6-20(7-5-17)26-11-9-23-24-26/h1-7,9,11-12,19H,8,10,14-16H2/t19-/m1/s1. The van der Waals surface area contributed by atoms with Gasteiger partial charge in [-0.05, 0) is 54.8 Å². The van der Waals surface area contributed by atoms with Crippen molar-refractivity contribution >= 4 is 9.84 Å². The lowest BCUT2D eigenvalue weighted by Gasteiger charge is -2.16. The largest absolute Gasteiger partial charge is 0.299 e. The van der Waals surface area contributed by atoms with Crippen LogP contribution in [0.4, 0.5) is 0 Å². The Morgan fingerprint density at radius 1 is 1.17 bits per heavy atom. The maximum atomic E-state index is 12.7. The van der Waals surface area contributed by atoms with E-state index in [0.29, 0.717) is 5.56 Å². The van der Waals surface area contributed by atoms with Crippen LogP contribution >= 0.6 is 0 Å². The predicted octanol–water partition coefficient (Wildman–Crippen LogP) is 2.43. The van der Waals surface area contributed by atoms with E-state index in [2.05, 4.69) is 27.3 Å². The average Bonchev–Trinajstić information content (AvgIpc) is 3.41. The van der Waals surface area contributed by atoms with Crippen molar-refractivity contribution in [2.45, 2.75) is 17.9 Å². The minimum Gasteiger partial charge on any atom is -0.299 e. The Morgan fingerprint density at radius 3 is 2.72 bits per heavy atom. The third-order valence-electron chi connectivity index (χ3n) is 5.18. The number of hydrogen-bond donors (Lipinski definition) is 0. The van der Waals surface area contributed by atoms with Crippen molar-refractivity contribution in [1.82, 2.24) is 19.9 Å². The minimum absolute atomic E-state index is 0.0974. The van der Waals surface area contributed by atoms with Crippen LogP contribution in [0, 0.1) is 17.2 Å². The van der Waals surface area contributed by atoms with Crippen LogP contribution in [0.5, 0.6) is 0 Å². The fourth-order valence-corrected chi connectivity index (χ4v) is 5.39. The Balaban J connectivity index is 1.36. The van der Waals surface area contributed by atoms with Gasteiger partial charge in [0.25, 0.3) is 0 Å². The maximum absolute atomic E-state index is 12.7. The summed E-state index contributed by atoms with van der Waals surface area (Å²) in [6, 6.07) is 16.4. The van der Waals surface area contributed by atoms with E-state index in [1.165, 1.54) is 11.6 Å². The minimum atomic E-state index is -3.40. The van der Waals surface area contributed by atoms with Crippen LogP contribution in [0.15, 0.2) is 65.8 Å². The molecule has 1 saturated heterocycles. The van der Waals surface area contributed by atoms with E-state index in [4.69, 9.17) is 5.26 Å². The van der Waals surface area contributed by atoms with E-state index >= 15 is 0 Å². The van der Waals surface area contributed by atoms with E-state index in [-0.39, 0.29) is 16.6 Å². The van der Waals surface area contributed by atoms with Crippen molar-refractivity contribution in [2.75, 3.05) is 18.8 Å². The molecule has 1 atom stereocenters. The fraction of sp³-hybridized carbons (Fsp3) is 0.286.